The summed E-state index contributed by atoms with van der Waals surface area (Å²) in [7, 11) is 0. The van der Waals surface area contributed by atoms with Crippen molar-refractivity contribution in [2.75, 3.05) is 11.9 Å². The van der Waals surface area contributed by atoms with Crippen molar-refractivity contribution in [1.82, 2.24) is 15.0 Å². The lowest BCUT2D eigenvalue weighted by Gasteiger charge is -2.12. The Labute approximate surface area is 176 Å². The van der Waals surface area contributed by atoms with Gasteiger partial charge in [-0.1, -0.05) is 0 Å². The van der Waals surface area contributed by atoms with E-state index in [1.807, 2.05) is 30.7 Å². The maximum absolute atomic E-state index is 12.6. The number of nitrogens with zero attached hydrogens (tertiary/aromatic N) is 3. The molecule has 3 aromatic heterocycles. The first kappa shape index (κ1) is 21.2. The van der Waals surface area contributed by atoms with E-state index in [9.17, 15) is 9.59 Å². The smallest absolute Gasteiger partial charge is 0.337 e. The van der Waals surface area contributed by atoms with E-state index in [1.165, 1.54) is 18.2 Å². The zero-order valence-electron chi connectivity index (χ0n) is 16.4. The number of pyridine rings is 1. The fourth-order valence-electron chi connectivity index (χ4n) is 2.34. The molecule has 0 aliphatic rings. The summed E-state index contributed by atoms with van der Waals surface area (Å²) >= 11 is 1.61. The molecule has 0 atom stereocenters. The molecule has 2 N–H and O–H groups in total. The van der Waals surface area contributed by atoms with Gasteiger partial charge in [0.05, 0.1) is 18.3 Å². The molecule has 0 bridgehead atoms. The molecule has 3 rings (SSSR count). The number of thiophene rings is 1. The number of aromatic nitrogens is 3. The number of hydrogen-bond donors (Lipinski definition) is 2. The molecule has 9 nitrogen and oxygen atoms in total. The van der Waals surface area contributed by atoms with Gasteiger partial charge in [0.15, 0.2) is 0 Å². The molecule has 0 aliphatic heterocycles. The first-order valence-corrected chi connectivity index (χ1v) is 10.1. The molecule has 3 heterocycles. The van der Waals surface area contributed by atoms with Crippen LogP contribution in [-0.2, 0) is 6.42 Å². The van der Waals surface area contributed by atoms with Crippen LogP contribution in [0.3, 0.4) is 0 Å². The molecule has 3 aromatic rings. The molecule has 0 radical (unpaired) electrons. The predicted molar refractivity (Wildman–Crippen MR) is 110 cm³/mol. The van der Waals surface area contributed by atoms with Crippen LogP contribution in [0.5, 0.6) is 11.9 Å². The van der Waals surface area contributed by atoms with Gasteiger partial charge in [0, 0.05) is 18.7 Å². The number of carboxylic acids is 1. The lowest BCUT2D eigenvalue weighted by Crippen LogP contribution is -2.17. The number of amides is 1. The Morgan fingerprint density at radius 3 is 2.70 bits per heavy atom. The van der Waals surface area contributed by atoms with Gasteiger partial charge in [-0.2, -0.15) is 21.3 Å². The van der Waals surface area contributed by atoms with E-state index in [2.05, 4.69) is 20.3 Å². The monoisotopic (exact) mass is 428 g/mol. The Kier molecular flexibility index (Phi) is 6.91. The van der Waals surface area contributed by atoms with Crippen LogP contribution in [0.1, 0.15) is 40.3 Å². The largest absolute Gasteiger partial charge is 0.478 e. The third-order valence-corrected chi connectivity index (χ3v) is 4.46. The van der Waals surface area contributed by atoms with Crippen molar-refractivity contribution in [1.29, 1.82) is 0 Å². The maximum atomic E-state index is 12.6. The van der Waals surface area contributed by atoms with Gasteiger partial charge >= 0.3 is 12.0 Å². The summed E-state index contributed by atoms with van der Waals surface area (Å²) in [6.07, 6.45) is 1.67. The molecule has 0 spiro atoms. The number of carboxylic acid groups (broad SMARTS) is 1. The molecular formula is C20H20N4O5S. The normalized spacial score (nSPS) is 10.6. The maximum Gasteiger partial charge on any atom is 0.337 e. The van der Waals surface area contributed by atoms with Gasteiger partial charge in [0.1, 0.15) is 11.5 Å². The first-order chi connectivity index (χ1) is 14.4. The minimum Gasteiger partial charge on any atom is -0.478 e. The van der Waals surface area contributed by atoms with Gasteiger partial charge in [-0.3, -0.25) is 4.79 Å². The first-order valence-electron chi connectivity index (χ1n) is 9.11. The second-order valence-corrected chi connectivity index (χ2v) is 7.24. The fourth-order valence-corrected chi connectivity index (χ4v) is 3.04. The molecule has 0 unspecified atom stereocenters. The Morgan fingerprint density at radius 1 is 1.23 bits per heavy atom. The highest BCUT2D eigenvalue weighted by molar-refractivity contribution is 7.07. The zero-order valence-corrected chi connectivity index (χ0v) is 17.2. The second-order valence-electron chi connectivity index (χ2n) is 6.46. The average molecular weight is 428 g/mol. The highest BCUT2D eigenvalue weighted by Gasteiger charge is 2.16. The van der Waals surface area contributed by atoms with Gasteiger partial charge in [0.25, 0.3) is 5.91 Å². The fraction of sp³-hybridized carbons (Fsp3) is 0.250. The minimum atomic E-state index is -1.10. The topological polar surface area (TPSA) is 124 Å². The van der Waals surface area contributed by atoms with Crippen molar-refractivity contribution in [2.24, 2.45) is 0 Å². The average Bonchev–Trinajstić information content (AvgIpc) is 3.21. The van der Waals surface area contributed by atoms with E-state index >= 15 is 0 Å². The van der Waals surface area contributed by atoms with Crippen LogP contribution in [0.2, 0.25) is 0 Å². The van der Waals surface area contributed by atoms with Gasteiger partial charge in [-0.25, -0.2) is 9.78 Å². The van der Waals surface area contributed by atoms with Crippen LogP contribution < -0.4 is 14.8 Å². The molecule has 10 heteroatoms. The number of nitrogens with one attached hydrogen (secondary N) is 1. The van der Waals surface area contributed by atoms with Gasteiger partial charge < -0.3 is 19.9 Å². The van der Waals surface area contributed by atoms with Crippen LogP contribution >= 0.6 is 11.3 Å². The molecule has 0 aromatic carbocycles. The molecule has 0 saturated carbocycles. The summed E-state index contributed by atoms with van der Waals surface area (Å²) in [6, 6.07) is 6.20. The van der Waals surface area contributed by atoms with Crippen LogP contribution in [0, 0.1) is 0 Å². The third kappa shape index (κ3) is 5.98. The molecule has 30 heavy (non-hydrogen) atoms. The van der Waals surface area contributed by atoms with Crippen molar-refractivity contribution in [3.05, 3.63) is 58.0 Å². The van der Waals surface area contributed by atoms with Crippen molar-refractivity contribution in [3.8, 4) is 11.9 Å². The standard InChI is InChI=1S/C20H20N4O5S/c1-12(2)29-20-22-15(9-17(24-20)28-7-5-13-6-8-30-11-13)18(25)23-16-4-3-14(10-21-16)19(26)27/h3-4,6,8-12H,5,7H2,1-2H3,(H,26,27)(H,21,23,25). The Bertz CT molecular complexity index is 1010. The molecule has 156 valence electrons. The summed E-state index contributed by atoms with van der Waals surface area (Å²) in [5, 5.41) is 15.5. The predicted octanol–water partition coefficient (Wildman–Crippen LogP) is 3.29. The van der Waals surface area contributed by atoms with Gasteiger partial charge in [-0.15, -0.1) is 0 Å². The van der Waals surface area contributed by atoms with E-state index in [0.29, 0.717) is 13.0 Å². The Morgan fingerprint density at radius 2 is 2.07 bits per heavy atom. The van der Waals surface area contributed by atoms with Crippen LogP contribution in [-0.4, -0.2) is 44.6 Å². The number of carbonyl (C=O) groups excluding carboxylic acids is 1. The Hall–Kier alpha value is -3.53. The lowest BCUT2D eigenvalue weighted by atomic mass is 10.2. The summed E-state index contributed by atoms with van der Waals surface area (Å²) in [6.45, 7) is 4.02. The van der Waals surface area contributed by atoms with E-state index < -0.39 is 11.9 Å². The Balaban J connectivity index is 1.73. The van der Waals surface area contributed by atoms with Crippen LogP contribution in [0.15, 0.2) is 41.2 Å². The molecule has 1 amide bonds. The zero-order chi connectivity index (χ0) is 21.5. The number of rotatable bonds is 9. The van der Waals surface area contributed by atoms with Crippen molar-refractivity contribution >= 4 is 29.0 Å². The SMILES string of the molecule is CC(C)Oc1nc(OCCc2ccsc2)cc(C(=O)Nc2ccc(C(=O)O)cn2)n1. The molecule has 0 saturated heterocycles. The third-order valence-electron chi connectivity index (χ3n) is 3.73. The minimum absolute atomic E-state index is 0.0176. The summed E-state index contributed by atoms with van der Waals surface area (Å²) in [4.78, 5) is 35.8. The number of carbonyl (C=O) groups is 2. The number of anilines is 1. The van der Waals surface area contributed by atoms with Crippen LogP contribution in [0.4, 0.5) is 5.82 Å². The summed E-state index contributed by atoms with van der Waals surface area (Å²) < 4.78 is 11.2. The van der Waals surface area contributed by atoms with E-state index in [0.717, 1.165) is 11.8 Å². The summed E-state index contributed by atoms with van der Waals surface area (Å²) in [5.41, 5.74) is 1.21. The van der Waals surface area contributed by atoms with Gasteiger partial charge in [0.2, 0.25) is 5.88 Å². The van der Waals surface area contributed by atoms with Crippen molar-refractivity contribution in [2.45, 2.75) is 26.4 Å². The second kappa shape index (κ2) is 9.79. The lowest BCUT2D eigenvalue weighted by molar-refractivity contribution is 0.0696. The molecule has 0 aliphatic carbocycles. The van der Waals surface area contributed by atoms with Crippen molar-refractivity contribution < 1.29 is 24.2 Å². The molecular weight excluding hydrogens is 408 g/mol. The number of ether oxygens (including phenoxy) is 2. The number of aromatic carboxylic acids is 1. The number of hydrogen-bond acceptors (Lipinski definition) is 8. The van der Waals surface area contributed by atoms with Crippen molar-refractivity contribution in [3.63, 3.8) is 0 Å². The highest BCUT2D eigenvalue weighted by atomic mass is 32.1. The van der Waals surface area contributed by atoms with Crippen LogP contribution in [0.25, 0.3) is 0 Å². The quantitative estimate of drug-likeness (QED) is 0.532. The van der Waals surface area contributed by atoms with Gasteiger partial charge in [-0.05, 0) is 48.4 Å². The summed E-state index contributed by atoms with van der Waals surface area (Å²) in [5.74, 6) is -1.25. The van der Waals surface area contributed by atoms with E-state index in [1.54, 1.807) is 11.3 Å². The van der Waals surface area contributed by atoms with E-state index in [4.69, 9.17) is 14.6 Å². The highest BCUT2D eigenvalue weighted by Crippen LogP contribution is 2.17. The van der Waals surface area contributed by atoms with E-state index in [-0.39, 0.29) is 35.1 Å². The molecule has 0 fully saturated rings.